The molecule has 2 nitrogen and oxygen atoms in total. The highest BCUT2D eigenvalue weighted by atomic mass is 14.8. The molecule has 0 aliphatic heterocycles. The summed E-state index contributed by atoms with van der Waals surface area (Å²) < 4.78 is 0. The van der Waals surface area contributed by atoms with E-state index in [2.05, 4.69) is 36.2 Å². The van der Waals surface area contributed by atoms with Crippen LogP contribution in [0.25, 0.3) is 21.9 Å². The van der Waals surface area contributed by atoms with E-state index in [1.54, 1.807) is 0 Å². The molecule has 0 radical (unpaired) electrons. The highest BCUT2D eigenvalue weighted by Crippen LogP contribution is 2.28. The number of hydrogen-bond acceptors (Lipinski definition) is 1. The first kappa shape index (κ1) is 15.7. The van der Waals surface area contributed by atoms with Gasteiger partial charge in [0.1, 0.15) is 0 Å². The third kappa shape index (κ3) is 3.19. The maximum atomic E-state index is 5.13. The Kier molecular flexibility index (Phi) is 4.55. The van der Waals surface area contributed by atoms with Crippen molar-refractivity contribution in [2.45, 2.75) is 71.1 Å². The average Bonchev–Trinajstić information content (AvgIpc) is 2.90. The van der Waals surface area contributed by atoms with E-state index in [4.69, 9.17) is 4.98 Å². The van der Waals surface area contributed by atoms with Crippen LogP contribution in [0, 0.1) is 6.92 Å². The monoisotopic (exact) mass is 320 g/mol. The van der Waals surface area contributed by atoms with Gasteiger partial charge in [0, 0.05) is 16.6 Å². The van der Waals surface area contributed by atoms with Gasteiger partial charge in [-0.05, 0) is 55.9 Å². The van der Waals surface area contributed by atoms with Crippen LogP contribution in [0.4, 0.5) is 0 Å². The van der Waals surface area contributed by atoms with E-state index in [0.29, 0.717) is 0 Å². The fraction of sp³-hybridized carbons (Fsp3) is 0.500. The fourth-order valence-electron chi connectivity index (χ4n) is 4.11. The molecule has 1 aromatic carbocycles. The molecule has 0 bridgehead atoms. The van der Waals surface area contributed by atoms with Gasteiger partial charge in [0.05, 0.1) is 11.0 Å². The number of pyridine rings is 1. The second-order valence-electron chi connectivity index (χ2n) is 7.49. The summed E-state index contributed by atoms with van der Waals surface area (Å²) in [6.07, 6.45) is 13.3. The Morgan fingerprint density at radius 1 is 0.792 bits per heavy atom. The van der Waals surface area contributed by atoms with Crippen LogP contribution in [-0.2, 0) is 12.8 Å². The zero-order valence-corrected chi connectivity index (χ0v) is 14.8. The predicted molar refractivity (Wildman–Crippen MR) is 103 cm³/mol. The molecule has 2 heterocycles. The molecule has 0 amide bonds. The Bertz CT molecular complexity index is 844. The number of aromatic amines is 1. The van der Waals surface area contributed by atoms with Crippen molar-refractivity contribution in [3.05, 3.63) is 41.1 Å². The van der Waals surface area contributed by atoms with Gasteiger partial charge < -0.3 is 4.98 Å². The Hall–Kier alpha value is -1.83. The number of nitrogens with zero attached hydrogens (tertiary/aromatic N) is 1. The van der Waals surface area contributed by atoms with E-state index < -0.39 is 0 Å². The van der Waals surface area contributed by atoms with Crippen molar-refractivity contribution in [1.82, 2.24) is 9.97 Å². The van der Waals surface area contributed by atoms with E-state index in [1.807, 2.05) is 0 Å². The van der Waals surface area contributed by atoms with Crippen LogP contribution in [0.1, 0.15) is 68.2 Å². The van der Waals surface area contributed by atoms with Gasteiger partial charge in [0.2, 0.25) is 0 Å². The number of nitrogens with one attached hydrogen (secondary N) is 1. The third-order valence-corrected chi connectivity index (χ3v) is 5.50. The standard InChI is InChI=1S/C22H28N2/c1-16-12-13-18-20(14-16)23-21-15-17-10-8-6-4-2-3-5-7-9-11-19(17)24-22(18)21/h12-15,23H,2-11H2,1H3. The van der Waals surface area contributed by atoms with E-state index >= 15 is 0 Å². The van der Waals surface area contributed by atoms with Crippen molar-refractivity contribution >= 4 is 21.9 Å². The minimum absolute atomic E-state index is 1.14. The molecule has 0 unspecified atom stereocenters. The van der Waals surface area contributed by atoms with Crippen molar-refractivity contribution in [3.63, 3.8) is 0 Å². The predicted octanol–water partition coefficient (Wildman–Crippen LogP) is 6.24. The molecule has 24 heavy (non-hydrogen) atoms. The van der Waals surface area contributed by atoms with E-state index in [9.17, 15) is 0 Å². The molecule has 1 aliphatic rings. The summed E-state index contributed by atoms with van der Waals surface area (Å²) in [5.74, 6) is 0. The molecular weight excluding hydrogens is 292 g/mol. The molecule has 0 fully saturated rings. The minimum Gasteiger partial charge on any atom is -0.353 e. The number of hydrogen-bond donors (Lipinski definition) is 1. The first-order chi connectivity index (χ1) is 11.8. The molecule has 3 aromatic rings. The number of aromatic nitrogens is 2. The van der Waals surface area contributed by atoms with Gasteiger partial charge in [-0.3, -0.25) is 4.98 Å². The zero-order valence-electron chi connectivity index (χ0n) is 14.8. The normalized spacial score (nSPS) is 17.4. The third-order valence-electron chi connectivity index (χ3n) is 5.50. The molecule has 2 heteroatoms. The van der Waals surface area contributed by atoms with Crippen molar-refractivity contribution in [2.75, 3.05) is 0 Å². The van der Waals surface area contributed by atoms with Crippen molar-refractivity contribution in [1.29, 1.82) is 0 Å². The molecular formula is C22H28N2. The molecule has 0 saturated carbocycles. The maximum Gasteiger partial charge on any atom is 0.0961 e. The quantitative estimate of drug-likeness (QED) is 0.521. The van der Waals surface area contributed by atoms with Crippen molar-refractivity contribution in [2.24, 2.45) is 0 Å². The Labute approximate surface area is 144 Å². The SMILES string of the molecule is Cc1ccc2c(c1)[nH]c1cc3c(nc12)CCCCCCCCCC3. The van der Waals surface area contributed by atoms with Crippen LogP contribution in [0.15, 0.2) is 24.3 Å². The zero-order chi connectivity index (χ0) is 16.4. The average molecular weight is 320 g/mol. The summed E-state index contributed by atoms with van der Waals surface area (Å²) in [5, 5.41) is 1.27. The largest absolute Gasteiger partial charge is 0.353 e. The summed E-state index contributed by atoms with van der Waals surface area (Å²) >= 11 is 0. The van der Waals surface area contributed by atoms with Crippen LogP contribution in [-0.4, -0.2) is 9.97 Å². The van der Waals surface area contributed by atoms with Crippen LogP contribution in [0.5, 0.6) is 0 Å². The second-order valence-corrected chi connectivity index (χ2v) is 7.49. The lowest BCUT2D eigenvalue weighted by molar-refractivity contribution is 0.557. The van der Waals surface area contributed by atoms with E-state index in [-0.39, 0.29) is 0 Å². The van der Waals surface area contributed by atoms with Crippen molar-refractivity contribution in [3.8, 4) is 0 Å². The number of rotatable bonds is 0. The minimum atomic E-state index is 1.14. The van der Waals surface area contributed by atoms with Crippen LogP contribution in [0.3, 0.4) is 0 Å². The first-order valence-electron chi connectivity index (χ1n) is 9.72. The number of benzene rings is 1. The van der Waals surface area contributed by atoms with Crippen LogP contribution in [0.2, 0.25) is 0 Å². The molecule has 1 N–H and O–H groups in total. The summed E-state index contributed by atoms with van der Waals surface area (Å²) in [6, 6.07) is 9.03. The van der Waals surface area contributed by atoms with Crippen LogP contribution < -0.4 is 0 Å². The Morgan fingerprint density at radius 2 is 1.50 bits per heavy atom. The highest BCUT2D eigenvalue weighted by molar-refractivity contribution is 6.05. The van der Waals surface area contributed by atoms with Gasteiger partial charge in [0.15, 0.2) is 0 Å². The van der Waals surface area contributed by atoms with E-state index in [0.717, 1.165) is 11.9 Å². The topological polar surface area (TPSA) is 28.7 Å². The van der Waals surface area contributed by atoms with Gasteiger partial charge in [-0.25, -0.2) is 0 Å². The number of fused-ring (bicyclic) bond motifs is 4. The lowest BCUT2D eigenvalue weighted by Crippen LogP contribution is -2.00. The maximum absolute atomic E-state index is 5.13. The summed E-state index contributed by atoms with van der Waals surface area (Å²) in [5.41, 5.74) is 7.72. The summed E-state index contributed by atoms with van der Waals surface area (Å²) in [6.45, 7) is 2.15. The van der Waals surface area contributed by atoms with Gasteiger partial charge in [-0.15, -0.1) is 0 Å². The number of H-pyrrole nitrogens is 1. The second kappa shape index (κ2) is 6.96. The van der Waals surface area contributed by atoms with Crippen molar-refractivity contribution < 1.29 is 0 Å². The first-order valence-corrected chi connectivity index (χ1v) is 9.72. The molecule has 0 spiro atoms. The molecule has 0 atom stereocenters. The lowest BCUT2D eigenvalue weighted by Gasteiger charge is -2.11. The summed E-state index contributed by atoms with van der Waals surface area (Å²) in [4.78, 5) is 8.72. The molecule has 126 valence electrons. The molecule has 1 aliphatic carbocycles. The molecule has 0 saturated heterocycles. The Balaban J connectivity index is 1.76. The van der Waals surface area contributed by atoms with Gasteiger partial charge in [-0.1, -0.05) is 50.7 Å². The van der Waals surface area contributed by atoms with Crippen LogP contribution >= 0.6 is 0 Å². The number of aryl methyl sites for hydroxylation is 3. The highest BCUT2D eigenvalue weighted by Gasteiger charge is 2.12. The van der Waals surface area contributed by atoms with Gasteiger partial charge in [0.25, 0.3) is 0 Å². The lowest BCUT2D eigenvalue weighted by atomic mass is 9.98. The fourth-order valence-corrected chi connectivity index (χ4v) is 4.11. The van der Waals surface area contributed by atoms with Gasteiger partial charge >= 0.3 is 0 Å². The van der Waals surface area contributed by atoms with E-state index in [1.165, 1.54) is 91.0 Å². The molecule has 2 aromatic heterocycles. The summed E-state index contributed by atoms with van der Waals surface area (Å²) in [7, 11) is 0. The molecule has 4 rings (SSSR count). The van der Waals surface area contributed by atoms with Gasteiger partial charge in [-0.2, -0.15) is 0 Å². The Morgan fingerprint density at radius 3 is 2.29 bits per heavy atom. The smallest absolute Gasteiger partial charge is 0.0961 e.